The minimum Gasteiger partial charge on any atom is -0.459 e. The van der Waals surface area contributed by atoms with E-state index in [4.69, 9.17) is 4.42 Å². The van der Waals surface area contributed by atoms with Gasteiger partial charge in [0.1, 0.15) is 0 Å². The summed E-state index contributed by atoms with van der Waals surface area (Å²) in [6.07, 6.45) is 1.79. The van der Waals surface area contributed by atoms with Crippen molar-refractivity contribution in [3.8, 4) is 0 Å². The standard InChI is InChI=1S/C17H14N4O6S2/c22-16(14-2-1-9-27-14)19-17-18-13-7-8-20(10-15(13)28-17)29(25,26)12-5-3-11(4-6-12)21(23)24/h1-6,9H,7-8,10H2,(H,18,19,22). The third-order valence-electron chi connectivity index (χ3n) is 4.35. The maximum atomic E-state index is 12.9. The van der Waals surface area contributed by atoms with E-state index in [2.05, 4.69) is 10.3 Å². The number of thiazole rings is 1. The van der Waals surface area contributed by atoms with Crippen molar-refractivity contribution in [1.82, 2.24) is 9.29 Å². The van der Waals surface area contributed by atoms with E-state index in [1.165, 1.54) is 40.1 Å². The molecule has 0 radical (unpaired) electrons. The van der Waals surface area contributed by atoms with E-state index >= 15 is 0 Å². The summed E-state index contributed by atoms with van der Waals surface area (Å²) in [6.45, 7) is 0.338. The lowest BCUT2D eigenvalue weighted by atomic mass is 10.2. The molecule has 12 heteroatoms. The van der Waals surface area contributed by atoms with Gasteiger partial charge in [-0.05, 0) is 24.3 Å². The Labute approximate surface area is 169 Å². The first-order chi connectivity index (χ1) is 13.8. The number of rotatable bonds is 5. The molecule has 150 valence electrons. The largest absolute Gasteiger partial charge is 0.459 e. The highest BCUT2D eigenvalue weighted by atomic mass is 32.2. The van der Waals surface area contributed by atoms with Gasteiger partial charge < -0.3 is 4.42 Å². The molecule has 0 bridgehead atoms. The molecule has 4 rings (SSSR count). The van der Waals surface area contributed by atoms with Crippen molar-refractivity contribution in [2.45, 2.75) is 17.9 Å². The highest BCUT2D eigenvalue weighted by molar-refractivity contribution is 7.89. The predicted molar refractivity (Wildman–Crippen MR) is 103 cm³/mol. The van der Waals surface area contributed by atoms with Gasteiger partial charge >= 0.3 is 0 Å². The molecule has 0 aliphatic carbocycles. The summed E-state index contributed by atoms with van der Waals surface area (Å²) in [6, 6.07) is 7.91. The number of fused-ring (bicyclic) bond motifs is 1. The molecule has 3 heterocycles. The molecule has 0 saturated heterocycles. The van der Waals surface area contributed by atoms with Gasteiger partial charge in [-0.2, -0.15) is 4.31 Å². The third-order valence-corrected chi connectivity index (χ3v) is 7.20. The van der Waals surface area contributed by atoms with Gasteiger partial charge in [0.25, 0.3) is 11.6 Å². The van der Waals surface area contributed by atoms with Crippen molar-refractivity contribution in [3.05, 3.63) is 69.1 Å². The van der Waals surface area contributed by atoms with E-state index in [9.17, 15) is 23.3 Å². The third kappa shape index (κ3) is 3.77. The SMILES string of the molecule is O=C(Nc1nc2c(s1)CN(S(=O)(=O)c1ccc([N+](=O)[O-])cc1)CC2)c1ccco1. The number of nitrogens with zero attached hydrogens (tertiary/aromatic N) is 3. The van der Waals surface area contributed by atoms with E-state index in [1.54, 1.807) is 6.07 Å². The number of benzene rings is 1. The van der Waals surface area contributed by atoms with Crippen LogP contribution in [0.25, 0.3) is 0 Å². The van der Waals surface area contributed by atoms with Crippen molar-refractivity contribution in [2.24, 2.45) is 0 Å². The highest BCUT2D eigenvalue weighted by Crippen LogP contribution is 2.31. The summed E-state index contributed by atoms with van der Waals surface area (Å²) in [5, 5.41) is 13.8. The Kier molecular flexibility index (Phi) is 4.90. The van der Waals surface area contributed by atoms with Crippen molar-refractivity contribution in [2.75, 3.05) is 11.9 Å². The number of nitro benzene ring substituents is 1. The Morgan fingerprint density at radius 1 is 1.28 bits per heavy atom. The second kappa shape index (κ2) is 7.39. The van der Waals surface area contributed by atoms with Crippen LogP contribution in [-0.2, 0) is 23.0 Å². The summed E-state index contributed by atoms with van der Waals surface area (Å²) in [4.78, 5) is 27.3. The average Bonchev–Trinajstić information content (AvgIpc) is 3.37. The van der Waals surface area contributed by atoms with E-state index in [0.29, 0.717) is 11.6 Å². The Balaban J connectivity index is 1.51. The second-order valence-electron chi connectivity index (χ2n) is 6.16. The molecule has 0 atom stereocenters. The molecule has 1 aromatic carbocycles. The average molecular weight is 434 g/mol. The zero-order valence-corrected chi connectivity index (χ0v) is 16.4. The molecule has 1 N–H and O–H groups in total. The van der Waals surface area contributed by atoms with Crippen LogP contribution in [0.1, 0.15) is 21.1 Å². The molecule has 0 fully saturated rings. The van der Waals surface area contributed by atoms with Gasteiger partial charge in [0, 0.05) is 30.0 Å². The minimum atomic E-state index is -3.81. The lowest BCUT2D eigenvalue weighted by Crippen LogP contribution is -2.35. The van der Waals surface area contributed by atoms with Crippen molar-refractivity contribution in [1.29, 1.82) is 0 Å². The molecular weight excluding hydrogens is 420 g/mol. The molecular formula is C17H14N4O6S2. The fourth-order valence-corrected chi connectivity index (χ4v) is 5.40. The number of carbonyl (C=O) groups excluding carboxylic acids is 1. The van der Waals surface area contributed by atoms with Crippen LogP contribution < -0.4 is 5.32 Å². The Hall–Kier alpha value is -3.09. The van der Waals surface area contributed by atoms with Gasteiger partial charge in [-0.1, -0.05) is 0 Å². The molecule has 3 aromatic rings. The number of anilines is 1. The number of amides is 1. The van der Waals surface area contributed by atoms with Crippen LogP contribution in [0.5, 0.6) is 0 Å². The van der Waals surface area contributed by atoms with Crippen LogP contribution in [0, 0.1) is 10.1 Å². The molecule has 0 spiro atoms. The number of furan rings is 1. The Morgan fingerprint density at radius 3 is 2.69 bits per heavy atom. The normalized spacial score (nSPS) is 14.3. The number of nitrogens with one attached hydrogen (secondary N) is 1. The van der Waals surface area contributed by atoms with Gasteiger partial charge in [0.05, 0.1) is 28.3 Å². The van der Waals surface area contributed by atoms with Crippen LogP contribution in [-0.4, -0.2) is 35.1 Å². The van der Waals surface area contributed by atoms with Crippen LogP contribution in [0.4, 0.5) is 10.8 Å². The van der Waals surface area contributed by atoms with Crippen molar-refractivity contribution >= 4 is 38.1 Å². The fourth-order valence-electron chi connectivity index (χ4n) is 2.89. The van der Waals surface area contributed by atoms with Gasteiger partial charge in [-0.3, -0.25) is 20.2 Å². The molecule has 1 aliphatic rings. The zero-order chi connectivity index (χ0) is 20.6. The summed E-state index contributed by atoms with van der Waals surface area (Å²) in [5.41, 5.74) is 0.559. The first kappa shape index (κ1) is 19.2. The maximum absolute atomic E-state index is 12.9. The number of carbonyl (C=O) groups is 1. The molecule has 10 nitrogen and oxygen atoms in total. The van der Waals surface area contributed by atoms with E-state index in [-0.39, 0.29) is 29.4 Å². The van der Waals surface area contributed by atoms with E-state index in [0.717, 1.165) is 22.7 Å². The van der Waals surface area contributed by atoms with Crippen molar-refractivity contribution in [3.63, 3.8) is 0 Å². The minimum absolute atomic E-state index is 0.0117. The highest BCUT2D eigenvalue weighted by Gasteiger charge is 2.31. The van der Waals surface area contributed by atoms with Gasteiger partial charge in [-0.25, -0.2) is 13.4 Å². The molecule has 0 saturated carbocycles. The summed E-state index contributed by atoms with van der Waals surface area (Å²) >= 11 is 1.20. The predicted octanol–water partition coefficient (Wildman–Crippen LogP) is 2.64. The lowest BCUT2D eigenvalue weighted by molar-refractivity contribution is -0.384. The summed E-state index contributed by atoms with van der Waals surface area (Å²) in [7, 11) is -3.81. The zero-order valence-electron chi connectivity index (χ0n) is 14.8. The smallest absolute Gasteiger partial charge is 0.293 e. The number of hydrogen-bond acceptors (Lipinski definition) is 8. The second-order valence-corrected chi connectivity index (χ2v) is 9.18. The quantitative estimate of drug-likeness (QED) is 0.481. The maximum Gasteiger partial charge on any atom is 0.293 e. The topological polar surface area (TPSA) is 136 Å². The van der Waals surface area contributed by atoms with Gasteiger partial charge in [0.15, 0.2) is 10.9 Å². The van der Waals surface area contributed by atoms with Gasteiger partial charge in [0.2, 0.25) is 10.0 Å². The van der Waals surface area contributed by atoms with Crippen LogP contribution >= 0.6 is 11.3 Å². The van der Waals surface area contributed by atoms with Crippen LogP contribution in [0.2, 0.25) is 0 Å². The first-order valence-electron chi connectivity index (χ1n) is 8.42. The number of nitro groups is 1. The molecule has 1 amide bonds. The molecule has 2 aromatic heterocycles. The Morgan fingerprint density at radius 2 is 2.03 bits per heavy atom. The Bertz CT molecular complexity index is 1170. The summed E-state index contributed by atoms with van der Waals surface area (Å²) < 4.78 is 32.1. The van der Waals surface area contributed by atoms with E-state index in [1.807, 2.05) is 0 Å². The molecule has 29 heavy (non-hydrogen) atoms. The monoisotopic (exact) mass is 434 g/mol. The number of aromatic nitrogens is 1. The molecule has 0 unspecified atom stereocenters. The van der Waals surface area contributed by atoms with Crippen LogP contribution in [0.3, 0.4) is 0 Å². The number of non-ortho nitro benzene ring substituents is 1. The van der Waals surface area contributed by atoms with Crippen LogP contribution in [0.15, 0.2) is 52.0 Å². The number of sulfonamides is 1. The first-order valence-corrected chi connectivity index (χ1v) is 10.7. The van der Waals surface area contributed by atoms with Crippen molar-refractivity contribution < 1.29 is 22.6 Å². The van der Waals surface area contributed by atoms with E-state index < -0.39 is 20.9 Å². The molecule has 1 aliphatic heterocycles. The number of hydrogen-bond donors (Lipinski definition) is 1. The lowest BCUT2D eigenvalue weighted by Gasteiger charge is -2.25. The van der Waals surface area contributed by atoms with Gasteiger partial charge in [-0.15, -0.1) is 11.3 Å². The fraction of sp³-hybridized carbons (Fsp3) is 0.176. The summed E-state index contributed by atoms with van der Waals surface area (Å²) in [5.74, 6) is -0.281.